The first kappa shape index (κ1) is 15.1. The Morgan fingerprint density at radius 1 is 1.41 bits per heavy atom. The number of rotatable bonds is 3. The minimum absolute atomic E-state index is 0.145. The summed E-state index contributed by atoms with van der Waals surface area (Å²) in [6.45, 7) is 6.22. The van der Waals surface area contributed by atoms with E-state index in [0.29, 0.717) is 0 Å². The summed E-state index contributed by atoms with van der Waals surface area (Å²) in [5.74, 6) is 0. The molecule has 3 rings (SSSR count). The normalized spacial score (nSPS) is 24.8. The summed E-state index contributed by atoms with van der Waals surface area (Å²) in [6.07, 6.45) is 0.790. The maximum absolute atomic E-state index is 11.2. The van der Waals surface area contributed by atoms with Crippen molar-refractivity contribution in [1.82, 2.24) is 4.98 Å². The van der Waals surface area contributed by atoms with Crippen LogP contribution in [-0.4, -0.2) is 22.7 Å². The lowest BCUT2D eigenvalue weighted by Crippen LogP contribution is -2.61. The Labute approximate surface area is 133 Å². The first-order chi connectivity index (χ1) is 10.3. The van der Waals surface area contributed by atoms with Gasteiger partial charge < -0.3 is 15.8 Å². The van der Waals surface area contributed by atoms with Crippen molar-refractivity contribution in [3.05, 3.63) is 24.3 Å². The number of para-hydroxylation sites is 1. The number of hydrogen-bond donors (Lipinski definition) is 2. The van der Waals surface area contributed by atoms with Gasteiger partial charge in [0.1, 0.15) is 5.60 Å². The molecule has 1 aromatic carbocycles. The minimum Gasteiger partial charge on any atom is -0.442 e. The van der Waals surface area contributed by atoms with Gasteiger partial charge in [-0.1, -0.05) is 44.2 Å². The lowest BCUT2D eigenvalue weighted by Gasteiger charge is -2.53. The molecule has 1 heterocycles. The molecule has 1 aliphatic carbocycles. The molecule has 0 unspecified atom stereocenters. The monoisotopic (exact) mass is 319 g/mol. The van der Waals surface area contributed by atoms with Gasteiger partial charge >= 0.3 is 6.09 Å². The minimum atomic E-state index is -0.701. The molecule has 0 bridgehead atoms. The van der Waals surface area contributed by atoms with Gasteiger partial charge in [-0.2, -0.15) is 0 Å². The fourth-order valence-electron chi connectivity index (χ4n) is 2.99. The Morgan fingerprint density at radius 2 is 2.09 bits per heavy atom. The number of nitrogens with one attached hydrogen (secondary N) is 1. The maximum Gasteiger partial charge on any atom is 0.405 e. The average molecular weight is 319 g/mol. The fraction of sp³-hybridized carbons (Fsp3) is 0.500. The predicted octanol–water partition coefficient (Wildman–Crippen LogP) is 3.75. The van der Waals surface area contributed by atoms with E-state index in [-0.39, 0.29) is 11.5 Å². The molecule has 118 valence electrons. The highest BCUT2D eigenvalue weighted by atomic mass is 32.1. The SMILES string of the molecule is CC(C)(C)[C@]1(OC(N)=O)C[C@@H](Nc2nc3ccccc3s2)C1. The third-order valence-electron chi connectivity index (χ3n) is 4.44. The number of amides is 1. The van der Waals surface area contributed by atoms with Gasteiger partial charge in [-0.05, 0) is 12.1 Å². The standard InChI is InChI=1S/C16H21N3O2S/c1-15(2,3)16(21-13(17)20)8-10(9-16)18-14-19-11-6-4-5-7-12(11)22-14/h4-7,10H,8-9H2,1-3H3,(H2,17,20)(H,18,19)/t10-,16+. The molecule has 1 aromatic heterocycles. The number of carbonyl (C=O) groups excluding carboxylic acids is 1. The molecule has 0 saturated heterocycles. The maximum atomic E-state index is 11.2. The number of primary amides is 1. The van der Waals surface area contributed by atoms with Crippen LogP contribution in [0, 0.1) is 5.41 Å². The number of fused-ring (bicyclic) bond motifs is 1. The molecule has 1 amide bonds. The van der Waals surface area contributed by atoms with Crippen LogP contribution < -0.4 is 11.1 Å². The van der Waals surface area contributed by atoms with Gasteiger partial charge in [0, 0.05) is 24.3 Å². The number of thiazole rings is 1. The second-order valence-electron chi connectivity index (χ2n) is 6.90. The zero-order valence-corrected chi connectivity index (χ0v) is 13.9. The van der Waals surface area contributed by atoms with Crippen molar-refractivity contribution in [3.63, 3.8) is 0 Å². The number of nitrogens with two attached hydrogens (primary N) is 1. The molecule has 6 heteroatoms. The van der Waals surface area contributed by atoms with Crippen LogP contribution in [0.1, 0.15) is 33.6 Å². The van der Waals surface area contributed by atoms with E-state index < -0.39 is 11.7 Å². The molecular formula is C16H21N3O2S. The molecule has 0 radical (unpaired) electrons. The highest BCUT2D eigenvalue weighted by Gasteiger charge is 2.55. The van der Waals surface area contributed by atoms with E-state index in [0.717, 1.165) is 23.5 Å². The number of hydrogen-bond acceptors (Lipinski definition) is 5. The van der Waals surface area contributed by atoms with E-state index in [4.69, 9.17) is 10.5 Å². The van der Waals surface area contributed by atoms with Crippen molar-refractivity contribution in [2.75, 3.05) is 5.32 Å². The Bertz CT molecular complexity index is 666. The molecule has 3 N–H and O–H groups in total. The van der Waals surface area contributed by atoms with Gasteiger partial charge in [0.15, 0.2) is 5.13 Å². The van der Waals surface area contributed by atoms with Crippen LogP contribution in [0.3, 0.4) is 0 Å². The molecule has 0 spiro atoms. The largest absolute Gasteiger partial charge is 0.442 e. The smallest absolute Gasteiger partial charge is 0.405 e. The Balaban J connectivity index is 1.70. The van der Waals surface area contributed by atoms with Crippen LogP contribution in [-0.2, 0) is 4.74 Å². The highest BCUT2D eigenvalue weighted by molar-refractivity contribution is 7.22. The van der Waals surface area contributed by atoms with Crippen molar-refractivity contribution in [2.45, 2.75) is 45.3 Å². The summed E-state index contributed by atoms with van der Waals surface area (Å²) in [5.41, 5.74) is 5.61. The summed E-state index contributed by atoms with van der Waals surface area (Å²) in [4.78, 5) is 15.8. The summed E-state index contributed by atoms with van der Waals surface area (Å²) in [5, 5.41) is 4.35. The second kappa shape index (κ2) is 5.12. The summed E-state index contributed by atoms with van der Waals surface area (Å²) in [6, 6.07) is 8.32. The quantitative estimate of drug-likeness (QED) is 0.903. The fourth-order valence-corrected chi connectivity index (χ4v) is 3.93. The van der Waals surface area contributed by atoms with Crippen molar-refractivity contribution in [2.24, 2.45) is 11.1 Å². The topological polar surface area (TPSA) is 77.2 Å². The van der Waals surface area contributed by atoms with Crippen molar-refractivity contribution in [3.8, 4) is 0 Å². The first-order valence-electron chi connectivity index (χ1n) is 7.40. The van der Waals surface area contributed by atoms with Crippen LogP contribution in [0.4, 0.5) is 9.93 Å². The van der Waals surface area contributed by atoms with Crippen molar-refractivity contribution in [1.29, 1.82) is 0 Å². The Morgan fingerprint density at radius 3 is 2.68 bits per heavy atom. The summed E-state index contributed by atoms with van der Waals surface area (Å²) in [7, 11) is 0. The number of nitrogens with zero attached hydrogens (tertiary/aromatic N) is 1. The molecule has 2 aromatic rings. The second-order valence-corrected chi connectivity index (χ2v) is 7.93. The molecule has 5 nitrogen and oxygen atoms in total. The van der Waals surface area contributed by atoms with Crippen LogP contribution >= 0.6 is 11.3 Å². The number of ether oxygens (including phenoxy) is 1. The lowest BCUT2D eigenvalue weighted by atomic mass is 9.61. The summed E-state index contributed by atoms with van der Waals surface area (Å²) >= 11 is 1.64. The van der Waals surface area contributed by atoms with Gasteiger partial charge in [0.05, 0.1) is 10.2 Å². The molecule has 0 atom stereocenters. The zero-order chi connectivity index (χ0) is 16.0. The van der Waals surface area contributed by atoms with Crippen LogP contribution in [0.2, 0.25) is 0 Å². The average Bonchev–Trinajstić information content (AvgIpc) is 2.76. The lowest BCUT2D eigenvalue weighted by molar-refractivity contribution is -0.124. The number of carbonyl (C=O) groups is 1. The Kier molecular flexibility index (Phi) is 3.51. The number of benzene rings is 1. The van der Waals surface area contributed by atoms with Gasteiger partial charge in [0.2, 0.25) is 0 Å². The van der Waals surface area contributed by atoms with E-state index >= 15 is 0 Å². The van der Waals surface area contributed by atoms with Crippen molar-refractivity contribution >= 4 is 32.8 Å². The third-order valence-corrected chi connectivity index (χ3v) is 5.40. The van der Waals surface area contributed by atoms with E-state index in [2.05, 4.69) is 37.1 Å². The summed E-state index contributed by atoms with van der Waals surface area (Å²) < 4.78 is 6.61. The van der Waals surface area contributed by atoms with Gasteiger partial charge in [-0.15, -0.1) is 0 Å². The van der Waals surface area contributed by atoms with Gasteiger partial charge in [-0.25, -0.2) is 9.78 Å². The van der Waals surface area contributed by atoms with E-state index in [1.165, 1.54) is 4.70 Å². The highest BCUT2D eigenvalue weighted by Crippen LogP contribution is 2.49. The first-order valence-corrected chi connectivity index (χ1v) is 8.21. The molecular weight excluding hydrogens is 298 g/mol. The van der Waals surface area contributed by atoms with E-state index in [9.17, 15) is 4.79 Å². The van der Waals surface area contributed by atoms with Crippen LogP contribution in [0.5, 0.6) is 0 Å². The molecule has 1 fully saturated rings. The third kappa shape index (κ3) is 2.63. The van der Waals surface area contributed by atoms with Crippen LogP contribution in [0.15, 0.2) is 24.3 Å². The molecule has 22 heavy (non-hydrogen) atoms. The molecule has 0 aliphatic heterocycles. The van der Waals surface area contributed by atoms with Gasteiger partial charge in [0.25, 0.3) is 0 Å². The van der Waals surface area contributed by atoms with E-state index in [1.54, 1.807) is 11.3 Å². The molecule has 1 saturated carbocycles. The molecule has 1 aliphatic rings. The van der Waals surface area contributed by atoms with Gasteiger partial charge in [-0.3, -0.25) is 0 Å². The number of anilines is 1. The van der Waals surface area contributed by atoms with Crippen molar-refractivity contribution < 1.29 is 9.53 Å². The van der Waals surface area contributed by atoms with E-state index in [1.807, 2.05) is 18.2 Å². The number of aromatic nitrogens is 1. The predicted molar refractivity (Wildman–Crippen MR) is 89.1 cm³/mol. The van der Waals surface area contributed by atoms with Crippen LogP contribution in [0.25, 0.3) is 10.2 Å². The zero-order valence-electron chi connectivity index (χ0n) is 13.1. The Hall–Kier alpha value is -1.82.